The van der Waals surface area contributed by atoms with Gasteiger partial charge in [-0.1, -0.05) is 0 Å². The first-order valence-electron chi connectivity index (χ1n) is 5.84. The molecule has 1 unspecified atom stereocenters. The number of hydrogen-bond acceptors (Lipinski definition) is 4. The van der Waals surface area contributed by atoms with E-state index in [-0.39, 0.29) is 0 Å². The Morgan fingerprint density at radius 2 is 2.27 bits per heavy atom. The summed E-state index contributed by atoms with van der Waals surface area (Å²) in [5.74, 6) is 0. The fourth-order valence-electron chi connectivity index (χ4n) is 2.38. The van der Waals surface area contributed by atoms with Gasteiger partial charge in [-0.05, 0) is 32.2 Å². The van der Waals surface area contributed by atoms with E-state index >= 15 is 0 Å². The molecular weight excluding hydrogens is 190 g/mol. The Hall–Kier alpha value is -1.03. The molecule has 1 aliphatic carbocycles. The summed E-state index contributed by atoms with van der Waals surface area (Å²) in [5, 5.41) is 3.45. The zero-order valence-electron chi connectivity index (χ0n) is 8.85. The monoisotopic (exact) mass is 207 g/mol. The molecule has 3 rings (SSSR count). The summed E-state index contributed by atoms with van der Waals surface area (Å²) in [5.41, 5.74) is 0. The molecule has 0 amide bonds. The summed E-state index contributed by atoms with van der Waals surface area (Å²) >= 11 is 0. The number of piperidine rings is 1. The summed E-state index contributed by atoms with van der Waals surface area (Å²) in [6, 6.07) is 2.06. The number of hydrogen-bond donors (Lipinski definition) is 1. The van der Waals surface area contributed by atoms with Crippen LogP contribution in [-0.4, -0.2) is 30.2 Å². The molecule has 0 spiro atoms. The van der Waals surface area contributed by atoms with E-state index in [0.29, 0.717) is 12.1 Å². The summed E-state index contributed by atoms with van der Waals surface area (Å²) < 4.78 is 5.44. The number of rotatable bonds is 3. The minimum absolute atomic E-state index is 0.574. The first-order valence-corrected chi connectivity index (χ1v) is 5.84. The SMILES string of the molecule is c1coc(N(C2CC2)C2CCCNC2)n1. The lowest BCUT2D eigenvalue weighted by Crippen LogP contribution is -2.47. The van der Waals surface area contributed by atoms with E-state index in [1.165, 1.54) is 25.7 Å². The zero-order chi connectivity index (χ0) is 10.1. The van der Waals surface area contributed by atoms with Crippen molar-refractivity contribution < 1.29 is 4.42 Å². The highest BCUT2D eigenvalue weighted by molar-refractivity contribution is 5.33. The van der Waals surface area contributed by atoms with Crippen LogP contribution in [0.15, 0.2) is 16.9 Å². The predicted octanol–water partition coefficient (Wildman–Crippen LogP) is 1.40. The Labute approximate surface area is 89.7 Å². The lowest BCUT2D eigenvalue weighted by Gasteiger charge is -2.33. The molecule has 0 radical (unpaired) electrons. The first kappa shape index (κ1) is 9.21. The molecule has 0 aromatic carbocycles. The van der Waals surface area contributed by atoms with E-state index < -0.39 is 0 Å². The van der Waals surface area contributed by atoms with Crippen molar-refractivity contribution in [1.82, 2.24) is 10.3 Å². The van der Waals surface area contributed by atoms with Gasteiger partial charge in [-0.15, -0.1) is 0 Å². The van der Waals surface area contributed by atoms with Gasteiger partial charge in [-0.2, -0.15) is 0 Å². The van der Waals surface area contributed by atoms with Gasteiger partial charge in [-0.3, -0.25) is 0 Å². The molecule has 0 bridgehead atoms. The normalized spacial score (nSPS) is 26.5. The summed E-state index contributed by atoms with van der Waals surface area (Å²) in [4.78, 5) is 6.67. The van der Waals surface area contributed by atoms with Crippen LogP contribution in [0.2, 0.25) is 0 Å². The van der Waals surface area contributed by atoms with Crippen LogP contribution in [0.5, 0.6) is 0 Å². The van der Waals surface area contributed by atoms with Crippen LogP contribution >= 0.6 is 0 Å². The maximum atomic E-state index is 5.44. The number of anilines is 1. The average Bonchev–Trinajstić information content (AvgIpc) is 2.96. The Balaban J connectivity index is 1.77. The standard InChI is InChI=1S/C11H17N3O/c1-2-10(8-12-5-1)14(9-3-4-9)11-13-6-7-15-11/h6-7,9-10,12H,1-5,8H2. The van der Waals surface area contributed by atoms with Gasteiger partial charge in [-0.25, -0.2) is 4.98 Å². The zero-order valence-corrected chi connectivity index (χ0v) is 8.85. The van der Waals surface area contributed by atoms with Crippen molar-refractivity contribution >= 4 is 6.01 Å². The van der Waals surface area contributed by atoms with Gasteiger partial charge >= 0.3 is 0 Å². The largest absolute Gasteiger partial charge is 0.432 e. The lowest BCUT2D eigenvalue weighted by atomic mass is 10.1. The first-order chi connectivity index (χ1) is 7.45. The second-order valence-electron chi connectivity index (χ2n) is 4.45. The molecule has 2 heterocycles. The number of nitrogens with zero attached hydrogens (tertiary/aromatic N) is 2. The molecule has 1 N–H and O–H groups in total. The Bertz CT molecular complexity index is 302. The molecule has 15 heavy (non-hydrogen) atoms. The van der Waals surface area contributed by atoms with Gasteiger partial charge in [0.25, 0.3) is 6.01 Å². The predicted molar refractivity (Wildman–Crippen MR) is 57.9 cm³/mol. The fourth-order valence-corrected chi connectivity index (χ4v) is 2.38. The van der Waals surface area contributed by atoms with Crippen molar-refractivity contribution in [3.8, 4) is 0 Å². The van der Waals surface area contributed by atoms with Gasteiger partial charge in [0, 0.05) is 18.6 Å². The summed E-state index contributed by atoms with van der Waals surface area (Å²) in [6.07, 6.45) is 8.50. The molecule has 1 saturated carbocycles. The van der Waals surface area contributed by atoms with E-state index in [4.69, 9.17) is 4.42 Å². The van der Waals surface area contributed by atoms with Gasteiger partial charge in [0.15, 0.2) is 0 Å². The van der Waals surface area contributed by atoms with E-state index in [2.05, 4.69) is 15.2 Å². The van der Waals surface area contributed by atoms with Crippen molar-refractivity contribution in [3.05, 3.63) is 12.5 Å². The van der Waals surface area contributed by atoms with Gasteiger partial charge in [0.1, 0.15) is 6.26 Å². The summed E-state index contributed by atoms with van der Waals surface area (Å²) in [6.45, 7) is 2.22. The highest BCUT2D eigenvalue weighted by Crippen LogP contribution is 2.33. The molecule has 4 heteroatoms. The minimum atomic E-state index is 0.574. The van der Waals surface area contributed by atoms with E-state index in [1.807, 2.05) is 0 Å². The van der Waals surface area contributed by atoms with Crippen LogP contribution in [0.4, 0.5) is 6.01 Å². The Morgan fingerprint density at radius 3 is 2.87 bits per heavy atom. The lowest BCUT2D eigenvalue weighted by molar-refractivity contribution is 0.402. The maximum Gasteiger partial charge on any atom is 0.297 e. The highest BCUT2D eigenvalue weighted by Gasteiger charge is 2.36. The molecule has 82 valence electrons. The van der Waals surface area contributed by atoms with E-state index in [9.17, 15) is 0 Å². The van der Waals surface area contributed by atoms with Crippen LogP contribution in [0.1, 0.15) is 25.7 Å². The quantitative estimate of drug-likeness (QED) is 0.813. The van der Waals surface area contributed by atoms with Gasteiger partial charge in [0.05, 0.1) is 6.20 Å². The molecule has 1 aromatic rings. The molecule has 4 nitrogen and oxygen atoms in total. The molecule has 2 fully saturated rings. The second-order valence-corrected chi connectivity index (χ2v) is 4.45. The van der Waals surface area contributed by atoms with Crippen molar-refractivity contribution in [1.29, 1.82) is 0 Å². The van der Waals surface area contributed by atoms with Crippen LogP contribution < -0.4 is 10.2 Å². The minimum Gasteiger partial charge on any atom is -0.432 e. The van der Waals surface area contributed by atoms with E-state index in [0.717, 1.165) is 19.1 Å². The third-order valence-corrected chi connectivity index (χ3v) is 3.24. The molecule has 1 saturated heterocycles. The Kier molecular flexibility index (Phi) is 2.37. The number of nitrogens with one attached hydrogen (secondary N) is 1. The summed E-state index contributed by atoms with van der Waals surface area (Å²) in [7, 11) is 0. The van der Waals surface area contributed by atoms with Crippen LogP contribution in [0.3, 0.4) is 0 Å². The third kappa shape index (κ3) is 1.86. The van der Waals surface area contributed by atoms with Crippen LogP contribution in [-0.2, 0) is 0 Å². The van der Waals surface area contributed by atoms with Crippen molar-refractivity contribution in [2.24, 2.45) is 0 Å². The molecule has 2 aliphatic rings. The van der Waals surface area contributed by atoms with Crippen LogP contribution in [0, 0.1) is 0 Å². The topological polar surface area (TPSA) is 41.3 Å². The fraction of sp³-hybridized carbons (Fsp3) is 0.727. The van der Waals surface area contributed by atoms with E-state index in [1.54, 1.807) is 12.5 Å². The number of aromatic nitrogens is 1. The highest BCUT2D eigenvalue weighted by atomic mass is 16.4. The average molecular weight is 207 g/mol. The Morgan fingerprint density at radius 1 is 1.33 bits per heavy atom. The van der Waals surface area contributed by atoms with Crippen molar-refractivity contribution in [2.75, 3.05) is 18.0 Å². The number of oxazole rings is 1. The van der Waals surface area contributed by atoms with Gasteiger partial charge < -0.3 is 14.6 Å². The van der Waals surface area contributed by atoms with Crippen molar-refractivity contribution in [3.63, 3.8) is 0 Å². The molecule has 1 atom stereocenters. The molecule has 1 aliphatic heterocycles. The molecular formula is C11H17N3O. The maximum absolute atomic E-state index is 5.44. The smallest absolute Gasteiger partial charge is 0.297 e. The molecule has 1 aromatic heterocycles. The second kappa shape index (κ2) is 3.85. The van der Waals surface area contributed by atoms with Crippen LogP contribution in [0.25, 0.3) is 0 Å². The van der Waals surface area contributed by atoms with Crippen molar-refractivity contribution in [2.45, 2.75) is 37.8 Å². The van der Waals surface area contributed by atoms with Gasteiger partial charge in [0.2, 0.25) is 0 Å². The third-order valence-electron chi connectivity index (χ3n) is 3.24.